The SMILES string of the molecule is COCCNC(=O)c1cn(C)nc1C(=O)O. The molecule has 7 nitrogen and oxygen atoms in total. The van der Waals surface area contributed by atoms with Crippen LogP contribution in [0.1, 0.15) is 20.8 Å². The highest BCUT2D eigenvalue weighted by Gasteiger charge is 2.20. The molecule has 0 aliphatic heterocycles. The fourth-order valence-electron chi connectivity index (χ4n) is 1.17. The lowest BCUT2D eigenvalue weighted by Crippen LogP contribution is -2.28. The Bertz CT molecular complexity index is 399. The van der Waals surface area contributed by atoms with Gasteiger partial charge in [-0.3, -0.25) is 9.48 Å². The molecule has 1 heterocycles. The zero-order chi connectivity index (χ0) is 12.1. The van der Waals surface area contributed by atoms with Gasteiger partial charge in [0.15, 0.2) is 5.69 Å². The summed E-state index contributed by atoms with van der Waals surface area (Å²) in [5, 5.41) is 15.0. The molecule has 0 saturated carbocycles. The quantitative estimate of drug-likeness (QED) is 0.661. The van der Waals surface area contributed by atoms with E-state index in [1.54, 1.807) is 7.05 Å². The Kier molecular flexibility index (Phi) is 4.01. The van der Waals surface area contributed by atoms with Gasteiger partial charge >= 0.3 is 5.97 Å². The van der Waals surface area contributed by atoms with Gasteiger partial charge in [-0.1, -0.05) is 0 Å². The van der Waals surface area contributed by atoms with Crippen molar-refractivity contribution >= 4 is 11.9 Å². The van der Waals surface area contributed by atoms with Gasteiger partial charge in [0.1, 0.15) is 0 Å². The molecule has 2 N–H and O–H groups in total. The molecular weight excluding hydrogens is 214 g/mol. The number of ether oxygens (including phenoxy) is 1. The Morgan fingerprint density at radius 1 is 1.62 bits per heavy atom. The Hall–Kier alpha value is -1.89. The summed E-state index contributed by atoms with van der Waals surface area (Å²) in [7, 11) is 3.07. The van der Waals surface area contributed by atoms with Gasteiger partial charge < -0.3 is 15.2 Å². The minimum Gasteiger partial charge on any atom is -0.476 e. The lowest BCUT2D eigenvalue weighted by molar-refractivity contribution is 0.0683. The fraction of sp³-hybridized carbons (Fsp3) is 0.444. The highest BCUT2D eigenvalue weighted by Crippen LogP contribution is 2.05. The molecule has 0 saturated heterocycles. The van der Waals surface area contributed by atoms with Crippen molar-refractivity contribution in [3.8, 4) is 0 Å². The van der Waals surface area contributed by atoms with Crippen molar-refractivity contribution in [3.63, 3.8) is 0 Å². The maximum absolute atomic E-state index is 11.6. The molecule has 1 aromatic rings. The zero-order valence-electron chi connectivity index (χ0n) is 9.06. The Labute approximate surface area is 92.0 Å². The molecule has 0 aliphatic carbocycles. The largest absolute Gasteiger partial charge is 0.476 e. The maximum Gasteiger partial charge on any atom is 0.357 e. The number of carbonyl (C=O) groups is 2. The van der Waals surface area contributed by atoms with Crippen LogP contribution < -0.4 is 5.32 Å². The van der Waals surface area contributed by atoms with Crippen LogP contribution in [0.4, 0.5) is 0 Å². The Balaban J connectivity index is 2.78. The number of amides is 1. The van der Waals surface area contributed by atoms with Crippen molar-refractivity contribution in [2.24, 2.45) is 7.05 Å². The van der Waals surface area contributed by atoms with Crippen molar-refractivity contribution in [2.75, 3.05) is 20.3 Å². The summed E-state index contributed by atoms with van der Waals surface area (Å²) < 4.78 is 6.05. The van der Waals surface area contributed by atoms with Crippen molar-refractivity contribution < 1.29 is 19.4 Å². The summed E-state index contributed by atoms with van der Waals surface area (Å²) in [5.41, 5.74) is -0.205. The van der Waals surface area contributed by atoms with Crippen LogP contribution in [0.15, 0.2) is 6.20 Å². The first-order chi connectivity index (χ1) is 7.56. The van der Waals surface area contributed by atoms with Gasteiger partial charge in [-0.05, 0) is 0 Å². The van der Waals surface area contributed by atoms with E-state index in [9.17, 15) is 9.59 Å². The molecule has 1 aromatic heterocycles. The molecule has 0 fully saturated rings. The lowest BCUT2D eigenvalue weighted by Gasteiger charge is -2.02. The number of carboxylic acid groups (broad SMARTS) is 1. The van der Waals surface area contributed by atoms with Crippen LogP contribution in [0.3, 0.4) is 0 Å². The van der Waals surface area contributed by atoms with Gasteiger partial charge in [-0.25, -0.2) is 4.79 Å². The first-order valence-corrected chi connectivity index (χ1v) is 4.60. The summed E-state index contributed by atoms with van der Waals surface area (Å²) in [4.78, 5) is 22.4. The van der Waals surface area contributed by atoms with E-state index in [2.05, 4.69) is 10.4 Å². The average molecular weight is 227 g/mol. The molecule has 88 valence electrons. The summed E-state index contributed by atoms with van der Waals surface area (Å²) in [6.45, 7) is 0.692. The molecule has 16 heavy (non-hydrogen) atoms. The maximum atomic E-state index is 11.6. The zero-order valence-corrected chi connectivity index (χ0v) is 9.06. The second-order valence-electron chi connectivity index (χ2n) is 3.12. The van der Waals surface area contributed by atoms with Gasteiger partial charge in [-0.2, -0.15) is 5.10 Å². The number of methoxy groups -OCH3 is 1. The minimum atomic E-state index is -1.22. The molecule has 0 aromatic carbocycles. The van der Waals surface area contributed by atoms with Crippen molar-refractivity contribution in [1.82, 2.24) is 15.1 Å². The van der Waals surface area contributed by atoms with Crippen molar-refractivity contribution in [1.29, 1.82) is 0 Å². The van der Waals surface area contributed by atoms with Crippen LogP contribution in [0.25, 0.3) is 0 Å². The molecular formula is C9H13N3O4. The lowest BCUT2D eigenvalue weighted by atomic mass is 10.2. The van der Waals surface area contributed by atoms with Gasteiger partial charge in [0.25, 0.3) is 5.91 Å². The Morgan fingerprint density at radius 2 is 2.31 bits per heavy atom. The first kappa shape index (κ1) is 12.2. The van der Waals surface area contributed by atoms with Gasteiger partial charge in [0, 0.05) is 26.9 Å². The second kappa shape index (κ2) is 5.26. The standard InChI is InChI=1S/C9H13N3O4/c1-12-5-6(7(11-12)9(14)15)8(13)10-3-4-16-2/h5H,3-4H2,1-2H3,(H,10,13)(H,14,15). The predicted octanol–water partition coefficient (Wildman–Crippen LogP) is -0.505. The molecule has 0 aliphatic rings. The molecule has 0 radical (unpaired) electrons. The highest BCUT2D eigenvalue weighted by atomic mass is 16.5. The predicted molar refractivity (Wildman–Crippen MR) is 54.4 cm³/mol. The fourth-order valence-corrected chi connectivity index (χ4v) is 1.17. The van der Waals surface area contributed by atoms with Crippen molar-refractivity contribution in [3.05, 3.63) is 17.5 Å². The molecule has 0 spiro atoms. The van der Waals surface area contributed by atoms with Gasteiger partial charge in [0.05, 0.1) is 12.2 Å². The average Bonchev–Trinajstić information content (AvgIpc) is 2.61. The molecule has 0 bridgehead atoms. The summed E-state index contributed by atoms with van der Waals surface area (Å²) >= 11 is 0. The van der Waals surface area contributed by atoms with E-state index in [1.165, 1.54) is 18.0 Å². The molecule has 1 rings (SSSR count). The highest BCUT2D eigenvalue weighted by molar-refractivity contribution is 6.03. The monoisotopic (exact) mass is 227 g/mol. The van der Waals surface area contributed by atoms with E-state index < -0.39 is 11.9 Å². The Morgan fingerprint density at radius 3 is 2.88 bits per heavy atom. The van der Waals surface area contributed by atoms with E-state index >= 15 is 0 Å². The second-order valence-corrected chi connectivity index (χ2v) is 3.12. The number of nitrogens with one attached hydrogen (secondary N) is 1. The third-order valence-electron chi connectivity index (χ3n) is 1.87. The minimum absolute atomic E-state index is 0.0473. The number of nitrogens with zero attached hydrogens (tertiary/aromatic N) is 2. The van der Waals surface area contributed by atoms with Crippen LogP contribution in [-0.4, -0.2) is 47.0 Å². The number of hydrogen-bond donors (Lipinski definition) is 2. The number of aromatic nitrogens is 2. The number of aromatic carboxylic acids is 1. The summed E-state index contributed by atoms with van der Waals surface area (Å²) in [6, 6.07) is 0. The van der Waals surface area contributed by atoms with Crippen LogP contribution in [-0.2, 0) is 11.8 Å². The molecule has 0 unspecified atom stereocenters. The summed E-state index contributed by atoms with van der Waals surface area (Å²) in [5.74, 6) is -1.69. The van der Waals surface area contributed by atoms with Crippen molar-refractivity contribution in [2.45, 2.75) is 0 Å². The van der Waals surface area contributed by atoms with Crippen LogP contribution in [0, 0.1) is 0 Å². The number of aryl methyl sites for hydroxylation is 1. The number of hydrogen-bond acceptors (Lipinski definition) is 4. The molecule has 1 amide bonds. The number of carbonyl (C=O) groups excluding carboxylic acids is 1. The van der Waals surface area contributed by atoms with Gasteiger partial charge in [0.2, 0.25) is 0 Å². The number of rotatable bonds is 5. The van der Waals surface area contributed by atoms with E-state index in [4.69, 9.17) is 9.84 Å². The number of carboxylic acids is 1. The third-order valence-corrected chi connectivity index (χ3v) is 1.87. The van der Waals surface area contributed by atoms with E-state index in [0.717, 1.165) is 0 Å². The van der Waals surface area contributed by atoms with E-state index in [1.807, 2.05) is 0 Å². The first-order valence-electron chi connectivity index (χ1n) is 4.60. The molecule has 7 heteroatoms. The van der Waals surface area contributed by atoms with Crippen LogP contribution in [0.5, 0.6) is 0 Å². The third kappa shape index (κ3) is 2.80. The smallest absolute Gasteiger partial charge is 0.357 e. The molecule has 0 atom stereocenters. The van der Waals surface area contributed by atoms with Gasteiger partial charge in [-0.15, -0.1) is 0 Å². The topological polar surface area (TPSA) is 93.5 Å². The van der Waals surface area contributed by atoms with E-state index in [-0.39, 0.29) is 11.3 Å². The normalized spacial score (nSPS) is 10.1. The van der Waals surface area contributed by atoms with E-state index in [0.29, 0.717) is 13.2 Å². The van der Waals surface area contributed by atoms with Crippen LogP contribution in [0.2, 0.25) is 0 Å². The summed E-state index contributed by atoms with van der Waals surface area (Å²) in [6.07, 6.45) is 1.37. The van der Waals surface area contributed by atoms with Crippen LogP contribution >= 0.6 is 0 Å².